The summed E-state index contributed by atoms with van der Waals surface area (Å²) in [6, 6.07) is 7.61. The number of anilines is 1. The molecule has 0 radical (unpaired) electrons. The maximum atomic E-state index is 13.9. The number of hydrogen-bond donors (Lipinski definition) is 2. The zero-order valence-corrected chi connectivity index (χ0v) is 16.1. The summed E-state index contributed by atoms with van der Waals surface area (Å²) in [5.74, 6) is -1.95. The lowest BCUT2D eigenvalue weighted by Gasteiger charge is -2.08. The summed E-state index contributed by atoms with van der Waals surface area (Å²) < 4.78 is 52.3. The molecule has 0 bridgehead atoms. The highest BCUT2D eigenvalue weighted by Crippen LogP contribution is 2.26. The summed E-state index contributed by atoms with van der Waals surface area (Å²) in [5, 5.41) is 6.71. The number of hydrogen-bond acceptors (Lipinski definition) is 6. The summed E-state index contributed by atoms with van der Waals surface area (Å²) >= 11 is 5.59. The molecule has 4 rings (SSSR count). The summed E-state index contributed by atoms with van der Waals surface area (Å²) in [7, 11) is -4.07. The van der Waals surface area contributed by atoms with E-state index in [2.05, 4.69) is 20.2 Å². The molecule has 0 unspecified atom stereocenters. The number of aromatic amines is 1. The number of nitrogens with two attached hydrogens (primary N) is 1. The molecule has 0 fully saturated rings. The number of aromatic nitrogens is 4. The van der Waals surface area contributed by atoms with E-state index >= 15 is 0 Å². The van der Waals surface area contributed by atoms with Gasteiger partial charge in [-0.05, 0) is 11.6 Å². The van der Waals surface area contributed by atoms with E-state index in [1.807, 2.05) is 0 Å². The SMILES string of the molecule is Nc1[nH]nc2nc(-c3ccc(CS(=O)(=O)c4cc(Cl)c(F)cc4F)cc3)ncc12. The van der Waals surface area contributed by atoms with Gasteiger partial charge >= 0.3 is 0 Å². The smallest absolute Gasteiger partial charge is 0.186 e. The van der Waals surface area contributed by atoms with Crippen LogP contribution in [0.1, 0.15) is 5.56 Å². The average molecular weight is 436 g/mol. The molecule has 0 saturated heterocycles. The summed E-state index contributed by atoms with van der Waals surface area (Å²) in [5.41, 5.74) is 7.15. The second-order valence-corrected chi connectivity index (χ2v) is 8.59. The Morgan fingerprint density at radius 3 is 2.55 bits per heavy atom. The number of rotatable bonds is 4. The Labute approximate surface area is 168 Å². The van der Waals surface area contributed by atoms with Crippen molar-refractivity contribution in [3.63, 3.8) is 0 Å². The van der Waals surface area contributed by atoms with Gasteiger partial charge in [-0.1, -0.05) is 35.9 Å². The van der Waals surface area contributed by atoms with E-state index in [0.717, 1.165) is 6.07 Å². The van der Waals surface area contributed by atoms with Gasteiger partial charge in [0.1, 0.15) is 22.3 Å². The Hall–Kier alpha value is -3.11. The summed E-state index contributed by atoms with van der Waals surface area (Å²) in [4.78, 5) is 7.86. The van der Waals surface area contributed by atoms with E-state index in [1.54, 1.807) is 24.3 Å². The van der Waals surface area contributed by atoms with Gasteiger partial charge in [0.25, 0.3) is 0 Å². The third-order valence-corrected chi connectivity index (χ3v) is 6.21. The van der Waals surface area contributed by atoms with Crippen LogP contribution in [-0.4, -0.2) is 28.6 Å². The molecule has 11 heteroatoms. The standard InChI is InChI=1S/C18H12ClF2N5O2S/c19-12-5-15(14(21)6-13(12)20)29(27,28)8-9-1-3-10(4-2-9)17-23-7-11-16(22)25-26-18(11)24-17/h1-7H,8H2,(H3,22,23,24,25,26). The number of halogens is 3. The molecule has 0 amide bonds. The molecule has 0 aliphatic carbocycles. The van der Waals surface area contributed by atoms with Gasteiger partial charge in [-0.2, -0.15) is 5.10 Å². The molecular formula is C18H12ClF2N5O2S. The van der Waals surface area contributed by atoms with Crippen LogP contribution in [0.5, 0.6) is 0 Å². The van der Waals surface area contributed by atoms with Crippen molar-refractivity contribution in [2.45, 2.75) is 10.6 Å². The van der Waals surface area contributed by atoms with Crippen molar-refractivity contribution in [3.05, 3.63) is 64.8 Å². The minimum Gasteiger partial charge on any atom is -0.383 e. The van der Waals surface area contributed by atoms with Gasteiger partial charge < -0.3 is 5.73 Å². The van der Waals surface area contributed by atoms with E-state index in [9.17, 15) is 17.2 Å². The third kappa shape index (κ3) is 3.64. The van der Waals surface area contributed by atoms with E-state index in [0.29, 0.717) is 39.9 Å². The predicted molar refractivity (Wildman–Crippen MR) is 104 cm³/mol. The Kier molecular flexibility index (Phi) is 4.67. The highest BCUT2D eigenvalue weighted by Gasteiger charge is 2.22. The first-order chi connectivity index (χ1) is 13.7. The predicted octanol–water partition coefficient (Wildman–Crippen LogP) is 3.51. The minimum atomic E-state index is -4.07. The molecule has 148 valence electrons. The zero-order valence-electron chi connectivity index (χ0n) is 14.5. The number of H-pyrrole nitrogens is 1. The summed E-state index contributed by atoms with van der Waals surface area (Å²) in [6.45, 7) is 0. The van der Waals surface area contributed by atoms with Gasteiger partial charge in [0.05, 0.1) is 16.2 Å². The lowest BCUT2D eigenvalue weighted by molar-refractivity contribution is 0.549. The first kappa shape index (κ1) is 19.2. The second kappa shape index (κ2) is 7.05. The average Bonchev–Trinajstić information content (AvgIpc) is 3.05. The molecule has 29 heavy (non-hydrogen) atoms. The molecule has 2 aromatic heterocycles. The molecule has 2 heterocycles. The maximum Gasteiger partial charge on any atom is 0.186 e. The van der Waals surface area contributed by atoms with Gasteiger partial charge in [-0.3, -0.25) is 5.10 Å². The molecule has 4 aromatic rings. The fraction of sp³-hybridized carbons (Fsp3) is 0.0556. The number of nitrogens with one attached hydrogen (secondary N) is 1. The van der Waals surface area contributed by atoms with Crippen LogP contribution in [-0.2, 0) is 15.6 Å². The molecular weight excluding hydrogens is 424 g/mol. The van der Waals surface area contributed by atoms with E-state index in [1.165, 1.54) is 6.20 Å². The van der Waals surface area contributed by atoms with Crippen molar-refractivity contribution >= 4 is 38.3 Å². The number of sulfone groups is 1. The van der Waals surface area contributed by atoms with Gasteiger partial charge in [-0.25, -0.2) is 27.2 Å². The number of fused-ring (bicyclic) bond motifs is 1. The van der Waals surface area contributed by atoms with Crippen molar-refractivity contribution in [3.8, 4) is 11.4 Å². The fourth-order valence-corrected chi connectivity index (χ4v) is 4.42. The van der Waals surface area contributed by atoms with Crippen molar-refractivity contribution in [1.82, 2.24) is 20.2 Å². The normalized spacial score (nSPS) is 11.8. The van der Waals surface area contributed by atoms with Crippen LogP contribution >= 0.6 is 11.6 Å². The maximum absolute atomic E-state index is 13.9. The minimum absolute atomic E-state index is 0.361. The lowest BCUT2D eigenvalue weighted by atomic mass is 10.1. The Bertz CT molecular complexity index is 1340. The van der Waals surface area contributed by atoms with Gasteiger partial charge in [0.15, 0.2) is 21.3 Å². The van der Waals surface area contributed by atoms with Crippen LogP contribution in [0.4, 0.5) is 14.6 Å². The Morgan fingerprint density at radius 2 is 1.83 bits per heavy atom. The molecule has 0 atom stereocenters. The quantitative estimate of drug-likeness (QED) is 0.374. The van der Waals surface area contributed by atoms with Crippen molar-refractivity contribution < 1.29 is 17.2 Å². The zero-order chi connectivity index (χ0) is 20.8. The van der Waals surface area contributed by atoms with Gasteiger partial charge in [0.2, 0.25) is 0 Å². The topological polar surface area (TPSA) is 115 Å². The van der Waals surface area contributed by atoms with E-state index in [-0.39, 0.29) is 0 Å². The van der Waals surface area contributed by atoms with Crippen LogP contribution in [0.25, 0.3) is 22.4 Å². The molecule has 0 aliphatic rings. The van der Waals surface area contributed by atoms with Crippen molar-refractivity contribution in [2.24, 2.45) is 0 Å². The Morgan fingerprint density at radius 1 is 1.10 bits per heavy atom. The lowest BCUT2D eigenvalue weighted by Crippen LogP contribution is -2.08. The molecule has 3 N–H and O–H groups in total. The Balaban J connectivity index is 1.61. The third-order valence-electron chi connectivity index (χ3n) is 4.22. The van der Waals surface area contributed by atoms with Crippen LogP contribution < -0.4 is 5.73 Å². The van der Waals surface area contributed by atoms with Crippen LogP contribution in [0.2, 0.25) is 5.02 Å². The largest absolute Gasteiger partial charge is 0.383 e. The van der Waals surface area contributed by atoms with Crippen LogP contribution in [0.3, 0.4) is 0 Å². The summed E-state index contributed by atoms with van der Waals surface area (Å²) in [6.07, 6.45) is 1.54. The first-order valence-electron chi connectivity index (χ1n) is 8.18. The van der Waals surface area contributed by atoms with Crippen LogP contribution in [0.15, 0.2) is 47.5 Å². The first-order valence-corrected chi connectivity index (χ1v) is 10.2. The molecule has 0 aliphatic heterocycles. The second-order valence-electron chi connectivity index (χ2n) is 6.22. The van der Waals surface area contributed by atoms with E-state index < -0.39 is 37.1 Å². The molecule has 0 spiro atoms. The van der Waals surface area contributed by atoms with Gasteiger partial charge in [-0.15, -0.1) is 0 Å². The number of nitrogens with zero attached hydrogens (tertiary/aromatic N) is 3. The molecule has 7 nitrogen and oxygen atoms in total. The molecule has 0 saturated carbocycles. The monoisotopic (exact) mass is 435 g/mol. The highest BCUT2D eigenvalue weighted by atomic mass is 35.5. The van der Waals surface area contributed by atoms with Gasteiger partial charge in [0, 0.05) is 17.8 Å². The number of benzene rings is 2. The highest BCUT2D eigenvalue weighted by molar-refractivity contribution is 7.90. The number of nitrogen functional groups attached to an aromatic ring is 1. The van der Waals surface area contributed by atoms with Crippen molar-refractivity contribution in [2.75, 3.05) is 5.73 Å². The van der Waals surface area contributed by atoms with Crippen LogP contribution in [0, 0.1) is 11.6 Å². The van der Waals surface area contributed by atoms with E-state index in [4.69, 9.17) is 17.3 Å². The fourth-order valence-electron chi connectivity index (χ4n) is 2.75. The molecule has 2 aromatic carbocycles. The van der Waals surface area contributed by atoms with Crippen molar-refractivity contribution in [1.29, 1.82) is 0 Å².